The molecule has 3 aromatic heterocycles. The summed E-state index contributed by atoms with van der Waals surface area (Å²) in [5.74, 6) is -0.0392. The van der Waals surface area contributed by atoms with Crippen LogP contribution >= 0.6 is 11.3 Å². The number of rotatable bonds is 4. The first-order chi connectivity index (χ1) is 13.6. The van der Waals surface area contributed by atoms with Gasteiger partial charge in [0.15, 0.2) is 0 Å². The van der Waals surface area contributed by atoms with E-state index in [1.165, 1.54) is 11.3 Å². The predicted molar refractivity (Wildman–Crippen MR) is 109 cm³/mol. The van der Waals surface area contributed by atoms with Crippen LogP contribution in [0.1, 0.15) is 30.3 Å². The molecular formula is C21H18N4O2S. The van der Waals surface area contributed by atoms with E-state index >= 15 is 0 Å². The third kappa shape index (κ3) is 2.36. The van der Waals surface area contributed by atoms with Crippen LogP contribution in [-0.4, -0.2) is 32.5 Å². The Morgan fingerprint density at radius 1 is 1.18 bits per heavy atom. The van der Waals surface area contributed by atoms with Gasteiger partial charge in [-0.2, -0.15) is 0 Å². The largest absolute Gasteiger partial charge is 0.378 e. The molecule has 1 atom stereocenters. The number of para-hydroxylation sites is 1. The first-order valence-corrected chi connectivity index (χ1v) is 10.1. The number of fused-ring (bicyclic) bond motifs is 4. The summed E-state index contributed by atoms with van der Waals surface area (Å²) in [7, 11) is 0. The first kappa shape index (κ1) is 17.2. The molecule has 0 saturated heterocycles. The topological polar surface area (TPSA) is 88.0 Å². The highest BCUT2D eigenvalue weighted by atomic mass is 32.1. The average Bonchev–Trinajstić information content (AvgIpc) is 3.23. The van der Waals surface area contributed by atoms with E-state index in [0.717, 1.165) is 32.2 Å². The van der Waals surface area contributed by atoms with Crippen molar-refractivity contribution in [3.63, 3.8) is 0 Å². The number of hydrogen-bond donors (Lipinski definition) is 2. The summed E-state index contributed by atoms with van der Waals surface area (Å²) in [5, 5.41) is 17.6. The number of benzene rings is 1. The third-order valence-electron chi connectivity index (χ3n) is 5.30. The zero-order chi connectivity index (χ0) is 19.3. The Hall–Kier alpha value is -2.90. The maximum Gasteiger partial charge on any atom is 0.219 e. The second kappa shape index (κ2) is 6.32. The molecule has 2 N–H and O–H groups in total. The Morgan fingerprint density at radius 2 is 2.04 bits per heavy atom. The lowest BCUT2D eigenvalue weighted by Crippen LogP contribution is -2.36. The number of carbonyl (C=O) groups excluding carboxylic acids is 1. The number of hydrogen-bond acceptors (Lipinski definition) is 6. The van der Waals surface area contributed by atoms with Crippen LogP contribution in [0.3, 0.4) is 0 Å². The van der Waals surface area contributed by atoms with Crippen LogP contribution in [0.4, 0.5) is 0 Å². The summed E-state index contributed by atoms with van der Waals surface area (Å²) in [6.07, 6.45) is 2.51. The number of amides is 1. The number of pyridine rings is 2. The van der Waals surface area contributed by atoms with Gasteiger partial charge >= 0.3 is 0 Å². The van der Waals surface area contributed by atoms with Crippen molar-refractivity contribution in [1.82, 2.24) is 20.3 Å². The summed E-state index contributed by atoms with van der Waals surface area (Å²) < 4.78 is 0. The standard InChI is InChI=1S/C21H18N4O2S/c1-2-15(26)22-10-8-21(27)19-16-13(12-5-3-4-6-14(12)25-19)7-9-23-17(16)18-20(21)28-11-24-18/h3-7,9,11,27H,2,8,10H2,1H3,(H,22,26)/t21-/m0/s1. The van der Waals surface area contributed by atoms with Gasteiger partial charge in [0, 0.05) is 36.4 Å². The molecule has 0 fully saturated rings. The molecule has 0 spiro atoms. The van der Waals surface area contributed by atoms with Crippen molar-refractivity contribution >= 4 is 38.9 Å². The molecule has 0 bridgehead atoms. The predicted octanol–water partition coefficient (Wildman–Crippen LogP) is 3.37. The van der Waals surface area contributed by atoms with E-state index in [-0.39, 0.29) is 5.91 Å². The number of carbonyl (C=O) groups is 1. The van der Waals surface area contributed by atoms with Gasteiger partial charge in [0.05, 0.1) is 27.3 Å². The first-order valence-electron chi connectivity index (χ1n) is 9.25. The zero-order valence-electron chi connectivity index (χ0n) is 15.3. The van der Waals surface area contributed by atoms with Crippen molar-refractivity contribution < 1.29 is 9.90 Å². The molecular weight excluding hydrogens is 372 g/mol. The van der Waals surface area contributed by atoms with E-state index in [1.54, 1.807) is 11.7 Å². The van der Waals surface area contributed by atoms with Crippen LogP contribution in [0.5, 0.6) is 0 Å². The monoisotopic (exact) mass is 390 g/mol. The minimum absolute atomic E-state index is 0.0392. The van der Waals surface area contributed by atoms with Crippen molar-refractivity contribution in [2.24, 2.45) is 0 Å². The van der Waals surface area contributed by atoms with Gasteiger partial charge < -0.3 is 10.4 Å². The van der Waals surface area contributed by atoms with Gasteiger partial charge in [-0.05, 0) is 17.5 Å². The Balaban J connectivity index is 1.78. The molecule has 6 nitrogen and oxygen atoms in total. The number of nitrogens with zero attached hydrogens (tertiary/aromatic N) is 3. The van der Waals surface area contributed by atoms with Crippen molar-refractivity contribution in [1.29, 1.82) is 0 Å². The Kier molecular flexibility index (Phi) is 3.89. The fraction of sp³-hybridized carbons (Fsp3) is 0.238. The number of nitrogens with one attached hydrogen (secondary N) is 1. The van der Waals surface area contributed by atoms with Crippen molar-refractivity contribution in [2.45, 2.75) is 25.4 Å². The summed E-state index contributed by atoms with van der Waals surface area (Å²) in [5.41, 5.74) is 3.27. The van der Waals surface area contributed by atoms with Crippen LogP contribution in [-0.2, 0) is 10.4 Å². The van der Waals surface area contributed by atoms with Crippen LogP contribution < -0.4 is 5.32 Å². The highest BCUT2D eigenvalue weighted by Gasteiger charge is 2.43. The smallest absolute Gasteiger partial charge is 0.219 e. The Labute approximate surface area is 165 Å². The maximum atomic E-state index is 11.8. The van der Waals surface area contributed by atoms with Crippen LogP contribution in [0, 0.1) is 0 Å². The molecule has 1 aromatic carbocycles. The van der Waals surface area contributed by atoms with E-state index in [4.69, 9.17) is 4.98 Å². The molecule has 0 radical (unpaired) electrons. The van der Waals surface area contributed by atoms with E-state index < -0.39 is 5.60 Å². The number of thiazole rings is 1. The van der Waals surface area contributed by atoms with E-state index in [1.807, 2.05) is 37.3 Å². The lowest BCUT2D eigenvalue weighted by molar-refractivity contribution is -0.120. The third-order valence-corrected chi connectivity index (χ3v) is 6.28. The molecule has 1 amide bonds. The van der Waals surface area contributed by atoms with Gasteiger partial charge in [-0.15, -0.1) is 11.3 Å². The van der Waals surface area contributed by atoms with Gasteiger partial charge in [-0.25, -0.2) is 9.97 Å². The quantitative estimate of drug-likeness (QED) is 0.522. The highest BCUT2D eigenvalue weighted by Crippen LogP contribution is 2.49. The summed E-state index contributed by atoms with van der Waals surface area (Å²) in [4.78, 5) is 26.3. The maximum absolute atomic E-state index is 11.8. The summed E-state index contributed by atoms with van der Waals surface area (Å²) >= 11 is 1.40. The van der Waals surface area contributed by atoms with Crippen LogP contribution in [0.25, 0.3) is 33.1 Å². The van der Waals surface area contributed by atoms with E-state index in [2.05, 4.69) is 15.3 Å². The van der Waals surface area contributed by atoms with Crippen molar-refractivity contribution in [2.75, 3.05) is 6.54 Å². The number of aliphatic hydroxyl groups is 1. The minimum atomic E-state index is -1.32. The number of aromatic nitrogens is 3. The van der Waals surface area contributed by atoms with Gasteiger partial charge in [0.1, 0.15) is 11.3 Å². The SMILES string of the molecule is CCC(=O)NCC[C@@]1(O)c2scnc2-c2nccc3c2c1nc1ccccc13. The molecule has 0 aliphatic heterocycles. The molecule has 4 aromatic rings. The van der Waals surface area contributed by atoms with Gasteiger partial charge in [0.25, 0.3) is 0 Å². The lowest BCUT2D eigenvalue weighted by atomic mass is 9.82. The lowest BCUT2D eigenvalue weighted by Gasteiger charge is -2.32. The molecule has 3 heterocycles. The average molecular weight is 390 g/mol. The summed E-state index contributed by atoms with van der Waals surface area (Å²) in [6, 6.07) is 9.87. The molecule has 28 heavy (non-hydrogen) atoms. The second-order valence-corrected chi connectivity index (χ2v) is 7.76. The van der Waals surface area contributed by atoms with E-state index in [9.17, 15) is 9.90 Å². The van der Waals surface area contributed by atoms with Gasteiger partial charge in [-0.3, -0.25) is 9.78 Å². The molecule has 0 unspecified atom stereocenters. The fourth-order valence-electron chi connectivity index (χ4n) is 3.94. The molecule has 1 aliphatic rings. The molecule has 7 heteroatoms. The Morgan fingerprint density at radius 3 is 2.89 bits per heavy atom. The van der Waals surface area contributed by atoms with Crippen molar-refractivity contribution in [3.05, 3.63) is 52.6 Å². The molecule has 5 rings (SSSR count). The van der Waals surface area contributed by atoms with Crippen molar-refractivity contribution in [3.8, 4) is 11.4 Å². The van der Waals surface area contributed by atoms with Crippen LogP contribution in [0.2, 0.25) is 0 Å². The summed E-state index contributed by atoms with van der Waals surface area (Å²) in [6.45, 7) is 2.16. The minimum Gasteiger partial charge on any atom is -0.378 e. The van der Waals surface area contributed by atoms with E-state index in [0.29, 0.717) is 30.8 Å². The second-order valence-electron chi connectivity index (χ2n) is 6.90. The van der Waals surface area contributed by atoms with Crippen LogP contribution in [0.15, 0.2) is 42.0 Å². The normalized spacial score (nSPS) is 17.6. The highest BCUT2D eigenvalue weighted by molar-refractivity contribution is 7.10. The fourth-order valence-corrected chi connectivity index (χ4v) is 4.85. The molecule has 140 valence electrons. The zero-order valence-corrected chi connectivity index (χ0v) is 16.1. The molecule has 0 saturated carbocycles. The van der Waals surface area contributed by atoms with Gasteiger partial charge in [0.2, 0.25) is 5.91 Å². The Bertz CT molecular complexity index is 1240. The molecule has 1 aliphatic carbocycles. The van der Waals surface area contributed by atoms with Gasteiger partial charge in [-0.1, -0.05) is 25.1 Å².